The van der Waals surface area contributed by atoms with E-state index in [4.69, 9.17) is 9.97 Å². The quantitative estimate of drug-likeness (QED) is 0.940. The maximum Gasteiger partial charge on any atom is 0.128 e. The molecule has 1 fully saturated rings. The van der Waals surface area contributed by atoms with Crippen LogP contribution in [0.4, 0.5) is 5.82 Å². The average molecular weight is 323 g/mol. The minimum Gasteiger partial charge on any atom is -0.357 e. The number of nitrogens with zero attached hydrogens (tertiary/aromatic N) is 4. The molecule has 4 rings (SSSR count). The van der Waals surface area contributed by atoms with Gasteiger partial charge in [-0.15, -0.1) is 0 Å². The molecular weight excluding hydrogens is 298 g/mol. The Morgan fingerprint density at radius 1 is 1.25 bits per heavy atom. The van der Waals surface area contributed by atoms with Crippen molar-refractivity contribution in [2.45, 2.75) is 32.7 Å². The maximum absolute atomic E-state index is 4.88. The monoisotopic (exact) mass is 323 g/mol. The van der Waals surface area contributed by atoms with Crippen LogP contribution in [0.15, 0.2) is 24.4 Å². The molecule has 0 bridgehead atoms. The summed E-state index contributed by atoms with van der Waals surface area (Å²) in [5.74, 6) is 2.79. The second-order valence-electron chi connectivity index (χ2n) is 6.85. The van der Waals surface area contributed by atoms with E-state index < -0.39 is 0 Å². The van der Waals surface area contributed by atoms with Crippen molar-refractivity contribution in [1.29, 1.82) is 0 Å². The van der Waals surface area contributed by atoms with Gasteiger partial charge in [0.1, 0.15) is 11.6 Å². The van der Waals surface area contributed by atoms with E-state index in [-0.39, 0.29) is 0 Å². The number of anilines is 1. The fourth-order valence-electron chi connectivity index (χ4n) is 3.68. The molecular formula is C19H25N5. The summed E-state index contributed by atoms with van der Waals surface area (Å²) < 4.78 is 2.24. The molecule has 24 heavy (non-hydrogen) atoms. The highest BCUT2D eigenvalue weighted by Crippen LogP contribution is 2.30. The first kappa shape index (κ1) is 15.4. The van der Waals surface area contributed by atoms with Crippen molar-refractivity contribution in [3.63, 3.8) is 0 Å². The summed E-state index contributed by atoms with van der Waals surface area (Å²) in [6.07, 6.45) is 9.96. The van der Waals surface area contributed by atoms with E-state index in [1.807, 2.05) is 13.2 Å². The van der Waals surface area contributed by atoms with Crippen LogP contribution in [-0.2, 0) is 13.0 Å². The lowest BCUT2D eigenvalue weighted by molar-refractivity contribution is 0.661. The molecule has 0 amide bonds. The van der Waals surface area contributed by atoms with Crippen LogP contribution in [0.3, 0.4) is 0 Å². The molecule has 2 aliphatic rings. The van der Waals surface area contributed by atoms with E-state index in [1.54, 1.807) is 0 Å². The first-order chi connectivity index (χ1) is 11.8. The minimum atomic E-state index is 0.547. The molecule has 0 aromatic carbocycles. The van der Waals surface area contributed by atoms with Crippen molar-refractivity contribution in [2.75, 3.05) is 25.0 Å². The Hall–Kier alpha value is -2.14. The molecule has 1 saturated heterocycles. The summed E-state index contributed by atoms with van der Waals surface area (Å²) >= 11 is 0. The third kappa shape index (κ3) is 2.73. The fourth-order valence-corrected chi connectivity index (χ4v) is 3.68. The number of hydrogen-bond donors (Lipinski definition) is 1. The highest BCUT2D eigenvalue weighted by molar-refractivity contribution is 5.67. The van der Waals surface area contributed by atoms with Gasteiger partial charge in [0.05, 0.1) is 11.4 Å². The van der Waals surface area contributed by atoms with E-state index in [9.17, 15) is 0 Å². The van der Waals surface area contributed by atoms with Crippen molar-refractivity contribution in [2.24, 2.45) is 5.92 Å². The maximum atomic E-state index is 4.88. The minimum absolute atomic E-state index is 0.547. The predicted molar refractivity (Wildman–Crippen MR) is 97.9 cm³/mol. The van der Waals surface area contributed by atoms with Crippen molar-refractivity contribution in [1.82, 2.24) is 19.9 Å². The molecule has 0 radical (unpaired) electrons. The van der Waals surface area contributed by atoms with Crippen LogP contribution in [0.25, 0.3) is 17.5 Å². The van der Waals surface area contributed by atoms with Crippen LogP contribution >= 0.6 is 0 Å². The molecule has 2 aromatic rings. The fraction of sp³-hybridized carbons (Fsp3) is 0.474. The van der Waals surface area contributed by atoms with Crippen molar-refractivity contribution < 1.29 is 0 Å². The first-order valence-electron chi connectivity index (χ1n) is 8.90. The van der Waals surface area contributed by atoms with Gasteiger partial charge in [-0.05, 0) is 37.9 Å². The smallest absolute Gasteiger partial charge is 0.128 e. The molecule has 4 heterocycles. The summed E-state index contributed by atoms with van der Waals surface area (Å²) in [6, 6.07) is 4.34. The van der Waals surface area contributed by atoms with Gasteiger partial charge in [0, 0.05) is 44.0 Å². The average Bonchev–Trinajstić information content (AvgIpc) is 3.22. The number of imidazole rings is 1. The predicted octanol–water partition coefficient (Wildman–Crippen LogP) is 2.93. The zero-order valence-corrected chi connectivity index (χ0v) is 14.5. The summed E-state index contributed by atoms with van der Waals surface area (Å²) in [6.45, 7) is 5.25. The number of nitrogens with one attached hydrogen (secondary N) is 1. The molecule has 0 saturated carbocycles. The lowest BCUT2D eigenvalue weighted by atomic mass is 10.1. The number of rotatable bonds is 4. The second kappa shape index (κ2) is 6.40. The molecule has 1 atom stereocenters. The van der Waals surface area contributed by atoms with E-state index in [1.165, 1.54) is 18.5 Å². The zero-order valence-electron chi connectivity index (χ0n) is 14.5. The van der Waals surface area contributed by atoms with Crippen LogP contribution in [0.2, 0.25) is 0 Å². The normalized spacial score (nSPS) is 19.8. The molecule has 2 aromatic heterocycles. The number of allylic oxidation sites excluding steroid dienone is 1. The van der Waals surface area contributed by atoms with E-state index in [2.05, 4.69) is 46.1 Å². The van der Waals surface area contributed by atoms with E-state index in [0.29, 0.717) is 5.92 Å². The van der Waals surface area contributed by atoms with Gasteiger partial charge < -0.3 is 14.8 Å². The molecule has 1 unspecified atom stereocenters. The molecule has 1 N–H and O–H groups in total. The third-order valence-electron chi connectivity index (χ3n) is 4.92. The van der Waals surface area contributed by atoms with Gasteiger partial charge in [-0.1, -0.05) is 13.0 Å². The number of hydrogen-bond acceptors (Lipinski definition) is 4. The Kier molecular flexibility index (Phi) is 4.10. The number of pyridine rings is 1. The molecule has 2 aliphatic heterocycles. The summed E-state index contributed by atoms with van der Waals surface area (Å²) in [5, 5.41) is 3.24. The van der Waals surface area contributed by atoms with E-state index in [0.717, 1.165) is 49.0 Å². The standard InChI is InChI=1S/C19H25N5/c1-14-7-10-24-18(11-14)22-16(13-20-2)19(24)15-5-6-17(21-12-15)23-8-3-4-9-23/h5-7,10,12,14,20H,3-4,8-9,11,13H2,1-2H3. The van der Waals surface area contributed by atoms with Gasteiger partial charge in [-0.3, -0.25) is 0 Å². The highest BCUT2D eigenvalue weighted by Gasteiger charge is 2.21. The summed E-state index contributed by atoms with van der Waals surface area (Å²) in [7, 11) is 1.97. The lowest BCUT2D eigenvalue weighted by Crippen LogP contribution is -2.18. The van der Waals surface area contributed by atoms with Gasteiger partial charge in [0.2, 0.25) is 0 Å². The van der Waals surface area contributed by atoms with Crippen LogP contribution in [0, 0.1) is 5.92 Å². The van der Waals surface area contributed by atoms with Gasteiger partial charge in [-0.25, -0.2) is 9.97 Å². The van der Waals surface area contributed by atoms with Crippen LogP contribution < -0.4 is 10.2 Å². The molecule has 0 spiro atoms. The molecule has 5 heteroatoms. The summed E-state index contributed by atoms with van der Waals surface area (Å²) in [4.78, 5) is 12.0. The Balaban J connectivity index is 1.72. The van der Waals surface area contributed by atoms with Gasteiger partial charge >= 0.3 is 0 Å². The zero-order chi connectivity index (χ0) is 16.5. The lowest BCUT2D eigenvalue weighted by Gasteiger charge is -2.17. The molecule has 0 aliphatic carbocycles. The Morgan fingerprint density at radius 2 is 2.08 bits per heavy atom. The van der Waals surface area contributed by atoms with Gasteiger partial charge in [0.25, 0.3) is 0 Å². The number of fused-ring (bicyclic) bond motifs is 1. The van der Waals surface area contributed by atoms with Crippen LogP contribution in [0.5, 0.6) is 0 Å². The second-order valence-corrected chi connectivity index (χ2v) is 6.85. The highest BCUT2D eigenvalue weighted by atomic mass is 15.2. The largest absolute Gasteiger partial charge is 0.357 e. The Bertz CT molecular complexity index is 738. The Morgan fingerprint density at radius 3 is 2.79 bits per heavy atom. The van der Waals surface area contributed by atoms with Crippen molar-refractivity contribution >= 4 is 12.0 Å². The van der Waals surface area contributed by atoms with Crippen LogP contribution in [0.1, 0.15) is 31.3 Å². The van der Waals surface area contributed by atoms with Crippen molar-refractivity contribution in [3.05, 3.63) is 35.9 Å². The van der Waals surface area contributed by atoms with Crippen molar-refractivity contribution in [3.8, 4) is 11.3 Å². The molecule has 126 valence electrons. The molecule has 5 nitrogen and oxygen atoms in total. The third-order valence-corrected chi connectivity index (χ3v) is 4.92. The van der Waals surface area contributed by atoms with E-state index >= 15 is 0 Å². The number of aromatic nitrogens is 3. The summed E-state index contributed by atoms with van der Waals surface area (Å²) in [5.41, 5.74) is 3.41. The van der Waals surface area contributed by atoms with Gasteiger partial charge in [-0.2, -0.15) is 0 Å². The topological polar surface area (TPSA) is 46.0 Å². The first-order valence-corrected chi connectivity index (χ1v) is 8.90. The van der Waals surface area contributed by atoms with Gasteiger partial charge in [0.15, 0.2) is 0 Å². The SMILES string of the molecule is CNCc1nc2n(c1-c1ccc(N3CCCC3)nc1)C=CC(C)C2. The van der Waals surface area contributed by atoms with Crippen LogP contribution in [-0.4, -0.2) is 34.7 Å². The Labute approximate surface area is 143 Å².